The topological polar surface area (TPSA) is 77.6 Å². The highest BCUT2D eigenvalue weighted by Gasteiger charge is 2.19. The monoisotopic (exact) mass is 450 g/mol. The number of carbonyl (C=O) groups is 1. The van der Waals surface area contributed by atoms with Crippen molar-refractivity contribution in [3.05, 3.63) is 95.1 Å². The van der Waals surface area contributed by atoms with Gasteiger partial charge in [0.15, 0.2) is 0 Å². The number of aromatic nitrogens is 5. The van der Waals surface area contributed by atoms with Crippen LogP contribution in [0.3, 0.4) is 0 Å². The first-order valence-electron chi connectivity index (χ1n) is 11.2. The summed E-state index contributed by atoms with van der Waals surface area (Å²) in [5, 5.41) is 12.9. The minimum atomic E-state index is -0.189. The quantitative estimate of drug-likeness (QED) is 0.406. The molecule has 0 saturated heterocycles. The van der Waals surface area contributed by atoms with E-state index in [0.29, 0.717) is 17.8 Å². The second kappa shape index (κ2) is 8.59. The number of amides is 1. The summed E-state index contributed by atoms with van der Waals surface area (Å²) in [6.07, 6.45) is 3.64. The molecular formula is C27H26N6O. The third kappa shape index (κ3) is 3.96. The number of rotatable bonds is 5. The number of aryl methyl sites for hydroxylation is 3. The molecule has 3 heterocycles. The number of pyridine rings is 1. The summed E-state index contributed by atoms with van der Waals surface area (Å²) >= 11 is 0. The Morgan fingerprint density at radius 3 is 2.56 bits per heavy atom. The molecule has 0 unspecified atom stereocenters. The average Bonchev–Trinajstić information content (AvgIpc) is 3.38. The fraction of sp³-hybridized carbons (Fsp3) is 0.185. The number of nitrogens with zero attached hydrogens (tertiary/aromatic N) is 5. The van der Waals surface area contributed by atoms with E-state index in [4.69, 9.17) is 10.1 Å². The van der Waals surface area contributed by atoms with E-state index in [2.05, 4.69) is 29.5 Å². The minimum Gasteiger partial charge on any atom is -0.319 e. The molecule has 0 bridgehead atoms. The number of anilines is 1. The number of hydrogen-bond acceptors (Lipinski definition) is 4. The Morgan fingerprint density at radius 2 is 1.79 bits per heavy atom. The number of fused-ring (bicyclic) bond motifs is 1. The lowest BCUT2D eigenvalue weighted by Gasteiger charge is -2.11. The van der Waals surface area contributed by atoms with Crippen molar-refractivity contribution in [2.75, 3.05) is 5.32 Å². The van der Waals surface area contributed by atoms with E-state index in [1.54, 1.807) is 10.9 Å². The Balaban J connectivity index is 1.51. The molecule has 0 spiro atoms. The Kier molecular flexibility index (Phi) is 5.45. The van der Waals surface area contributed by atoms with Crippen molar-refractivity contribution >= 4 is 22.5 Å². The van der Waals surface area contributed by atoms with Crippen LogP contribution in [0.1, 0.15) is 32.9 Å². The number of carbonyl (C=O) groups excluding carboxylic acids is 1. The molecule has 5 aromatic rings. The highest BCUT2D eigenvalue weighted by atomic mass is 16.1. The summed E-state index contributed by atoms with van der Waals surface area (Å²) in [4.78, 5) is 18.3. The summed E-state index contributed by atoms with van der Waals surface area (Å²) in [6, 6.07) is 17.8. The van der Waals surface area contributed by atoms with Crippen molar-refractivity contribution in [2.45, 2.75) is 27.3 Å². The molecule has 0 aliphatic heterocycles. The summed E-state index contributed by atoms with van der Waals surface area (Å²) in [7, 11) is 1.86. The SMILES string of the molecule is Cc1ccccc1Cn1nc(C)c(NC(=O)c2cc(-c3cnn(C)c3)nc3ccccc23)c1C. The van der Waals surface area contributed by atoms with Gasteiger partial charge in [0.25, 0.3) is 5.91 Å². The van der Waals surface area contributed by atoms with Crippen molar-refractivity contribution in [1.82, 2.24) is 24.5 Å². The van der Waals surface area contributed by atoms with Gasteiger partial charge in [-0.1, -0.05) is 42.5 Å². The lowest BCUT2D eigenvalue weighted by Crippen LogP contribution is -2.14. The van der Waals surface area contributed by atoms with Gasteiger partial charge in [0.1, 0.15) is 0 Å². The smallest absolute Gasteiger partial charge is 0.256 e. The largest absolute Gasteiger partial charge is 0.319 e. The normalized spacial score (nSPS) is 11.2. The molecule has 0 saturated carbocycles. The van der Waals surface area contributed by atoms with E-state index in [9.17, 15) is 4.79 Å². The molecule has 7 heteroatoms. The molecule has 0 fully saturated rings. The number of para-hydroxylation sites is 1. The molecule has 0 aliphatic rings. The summed E-state index contributed by atoms with van der Waals surface area (Å²) < 4.78 is 3.67. The lowest BCUT2D eigenvalue weighted by molar-refractivity contribution is 0.102. The summed E-state index contributed by atoms with van der Waals surface area (Å²) in [6.45, 7) is 6.65. The van der Waals surface area contributed by atoms with Crippen LogP contribution in [0.2, 0.25) is 0 Å². The van der Waals surface area contributed by atoms with Gasteiger partial charge in [-0.3, -0.25) is 14.2 Å². The van der Waals surface area contributed by atoms with Crippen molar-refractivity contribution in [3.8, 4) is 11.3 Å². The van der Waals surface area contributed by atoms with Gasteiger partial charge in [-0.15, -0.1) is 0 Å². The van der Waals surface area contributed by atoms with Crippen LogP contribution in [-0.4, -0.2) is 30.5 Å². The summed E-state index contributed by atoms with van der Waals surface area (Å²) in [5.41, 5.74) is 7.75. The van der Waals surface area contributed by atoms with Crippen LogP contribution in [0.4, 0.5) is 5.69 Å². The van der Waals surface area contributed by atoms with Gasteiger partial charge in [-0.05, 0) is 44.0 Å². The zero-order chi connectivity index (χ0) is 23.8. The maximum atomic E-state index is 13.5. The molecule has 1 N–H and O–H groups in total. The Bertz CT molecular complexity index is 1530. The number of benzene rings is 2. The summed E-state index contributed by atoms with van der Waals surface area (Å²) in [5.74, 6) is -0.189. The van der Waals surface area contributed by atoms with Crippen LogP contribution in [0.25, 0.3) is 22.2 Å². The highest BCUT2D eigenvalue weighted by Crippen LogP contribution is 2.27. The van der Waals surface area contributed by atoms with E-state index in [0.717, 1.165) is 33.5 Å². The van der Waals surface area contributed by atoms with Crippen molar-refractivity contribution in [1.29, 1.82) is 0 Å². The molecule has 3 aromatic heterocycles. The average molecular weight is 451 g/mol. The maximum absolute atomic E-state index is 13.5. The molecule has 0 radical (unpaired) electrons. The van der Waals surface area contributed by atoms with Crippen LogP contribution in [0.5, 0.6) is 0 Å². The van der Waals surface area contributed by atoms with Crippen molar-refractivity contribution < 1.29 is 4.79 Å². The number of nitrogens with one attached hydrogen (secondary N) is 1. The molecule has 7 nitrogen and oxygen atoms in total. The van der Waals surface area contributed by atoms with E-state index in [1.807, 2.05) is 74.2 Å². The van der Waals surface area contributed by atoms with Crippen molar-refractivity contribution in [3.63, 3.8) is 0 Å². The first-order valence-corrected chi connectivity index (χ1v) is 11.2. The second-order valence-electron chi connectivity index (χ2n) is 8.56. The molecule has 1 amide bonds. The van der Waals surface area contributed by atoms with E-state index >= 15 is 0 Å². The predicted molar refractivity (Wildman–Crippen MR) is 134 cm³/mol. The van der Waals surface area contributed by atoms with Gasteiger partial charge in [-0.25, -0.2) is 4.98 Å². The maximum Gasteiger partial charge on any atom is 0.256 e. The zero-order valence-corrected chi connectivity index (χ0v) is 19.7. The first kappa shape index (κ1) is 21.6. The van der Waals surface area contributed by atoms with Crippen LogP contribution >= 0.6 is 0 Å². The fourth-order valence-electron chi connectivity index (χ4n) is 4.23. The van der Waals surface area contributed by atoms with E-state index in [1.165, 1.54) is 11.1 Å². The van der Waals surface area contributed by atoms with Crippen LogP contribution in [0, 0.1) is 20.8 Å². The Labute approximate surface area is 198 Å². The highest BCUT2D eigenvalue weighted by molar-refractivity contribution is 6.13. The fourth-order valence-corrected chi connectivity index (χ4v) is 4.23. The molecule has 5 rings (SSSR count). The van der Waals surface area contributed by atoms with Gasteiger partial charge in [0, 0.05) is 24.2 Å². The molecule has 170 valence electrons. The van der Waals surface area contributed by atoms with Gasteiger partial charge >= 0.3 is 0 Å². The predicted octanol–water partition coefficient (Wildman–Crippen LogP) is 5.06. The van der Waals surface area contributed by atoms with Crippen LogP contribution in [0.15, 0.2) is 67.0 Å². The van der Waals surface area contributed by atoms with Gasteiger partial charge in [0.05, 0.1) is 46.6 Å². The van der Waals surface area contributed by atoms with Gasteiger partial charge in [-0.2, -0.15) is 10.2 Å². The standard InChI is InChI=1S/C27H26N6O/c1-17-9-5-6-10-20(17)16-33-19(3)26(18(2)31-33)30-27(34)23-13-25(21-14-28-32(4)15-21)29-24-12-8-7-11-22(23)24/h5-15H,16H2,1-4H3,(H,30,34). The third-order valence-corrected chi connectivity index (χ3v) is 6.16. The number of hydrogen-bond donors (Lipinski definition) is 1. The zero-order valence-electron chi connectivity index (χ0n) is 19.7. The van der Waals surface area contributed by atoms with Gasteiger partial charge in [0.2, 0.25) is 0 Å². The molecule has 34 heavy (non-hydrogen) atoms. The second-order valence-corrected chi connectivity index (χ2v) is 8.56. The van der Waals surface area contributed by atoms with Crippen molar-refractivity contribution in [2.24, 2.45) is 7.05 Å². The molecule has 0 atom stereocenters. The molecule has 0 aliphatic carbocycles. The van der Waals surface area contributed by atoms with E-state index in [-0.39, 0.29) is 5.91 Å². The third-order valence-electron chi connectivity index (χ3n) is 6.16. The minimum absolute atomic E-state index is 0.189. The van der Waals surface area contributed by atoms with Crippen LogP contribution < -0.4 is 5.32 Å². The Morgan fingerprint density at radius 1 is 1.03 bits per heavy atom. The molecule has 2 aromatic carbocycles. The first-order chi connectivity index (χ1) is 16.4. The Hall–Kier alpha value is -4.26. The van der Waals surface area contributed by atoms with E-state index < -0.39 is 0 Å². The molecular weight excluding hydrogens is 424 g/mol. The van der Waals surface area contributed by atoms with Crippen LogP contribution in [-0.2, 0) is 13.6 Å². The van der Waals surface area contributed by atoms with Gasteiger partial charge < -0.3 is 5.32 Å². The lowest BCUT2D eigenvalue weighted by atomic mass is 10.0.